The van der Waals surface area contributed by atoms with Crippen molar-refractivity contribution in [2.75, 3.05) is 18.1 Å². The van der Waals surface area contributed by atoms with Crippen LogP contribution >= 0.6 is 0 Å². The molecule has 1 aromatic heterocycles. The van der Waals surface area contributed by atoms with E-state index in [1.807, 2.05) is 24.4 Å². The normalized spacial score (nSPS) is 34.3. The van der Waals surface area contributed by atoms with Crippen molar-refractivity contribution in [3.63, 3.8) is 0 Å². The smallest absolute Gasteiger partial charge is 0.223 e. The molecule has 6 unspecified atom stereocenters. The summed E-state index contributed by atoms with van der Waals surface area (Å²) in [7, 11) is 0. The van der Waals surface area contributed by atoms with Gasteiger partial charge in [0.1, 0.15) is 0 Å². The second kappa shape index (κ2) is 9.43. The zero-order valence-corrected chi connectivity index (χ0v) is 20.8. The molecule has 4 heterocycles. The van der Waals surface area contributed by atoms with Crippen LogP contribution in [-0.2, 0) is 9.53 Å². The van der Waals surface area contributed by atoms with Gasteiger partial charge in [-0.15, -0.1) is 0 Å². The first-order chi connectivity index (χ1) is 17.7. The fourth-order valence-corrected chi connectivity index (χ4v) is 7.22. The van der Waals surface area contributed by atoms with Gasteiger partial charge in [0.2, 0.25) is 5.91 Å². The van der Waals surface area contributed by atoms with E-state index in [1.165, 1.54) is 36.9 Å². The number of ether oxygens (including phenoxy) is 1. The standard InChI is InChI=1S/C29H37N5O2/c35-29(31-28(19-4-5-19)26-3-1-2-14-30-26)20-8-13-25-24(15-20)27(33-32-25)18-6-9-21(10-7-18)34-22-11-12-23(34)17-36-16-22/h1-3,6-7,9-10,14,19-20,22-25,27-28,32-33H,4-5,8,11-13,15-17H2,(H,31,35)/t20?,22?,23?,24?,25?,27?,28-/m0/s1. The molecule has 2 aliphatic carbocycles. The third-order valence-electron chi connectivity index (χ3n) is 9.31. The number of hydrazine groups is 1. The lowest BCUT2D eigenvalue weighted by Gasteiger charge is -2.37. The molecule has 2 saturated carbocycles. The number of nitrogens with one attached hydrogen (secondary N) is 3. The Kier molecular flexibility index (Phi) is 5.95. The predicted molar refractivity (Wildman–Crippen MR) is 138 cm³/mol. The second-order valence-electron chi connectivity index (χ2n) is 11.5. The van der Waals surface area contributed by atoms with Crippen LogP contribution in [0.3, 0.4) is 0 Å². The number of benzene rings is 1. The summed E-state index contributed by atoms with van der Waals surface area (Å²) in [5.41, 5.74) is 10.7. The highest BCUT2D eigenvalue weighted by Gasteiger charge is 2.44. The summed E-state index contributed by atoms with van der Waals surface area (Å²) >= 11 is 0. The predicted octanol–water partition coefficient (Wildman–Crippen LogP) is 3.65. The van der Waals surface area contributed by atoms with Crippen molar-refractivity contribution in [1.29, 1.82) is 0 Å². The Labute approximate surface area is 213 Å². The lowest BCUT2D eigenvalue weighted by molar-refractivity contribution is -0.127. The van der Waals surface area contributed by atoms with Crippen molar-refractivity contribution >= 4 is 11.6 Å². The van der Waals surface area contributed by atoms with Crippen LogP contribution in [0.15, 0.2) is 48.7 Å². The summed E-state index contributed by atoms with van der Waals surface area (Å²) in [6.45, 7) is 1.70. The van der Waals surface area contributed by atoms with Gasteiger partial charge < -0.3 is 15.0 Å². The molecule has 1 aromatic carbocycles. The molecule has 3 N–H and O–H groups in total. The average Bonchev–Trinajstić information content (AvgIpc) is 3.63. The minimum Gasteiger partial charge on any atom is -0.377 e. The van der Waals surface area contributed by atoms with Gasteiger partial charge in [-0.1, -0.05) is 18.2 Å². The number of carbonyl (C=O) groups excluding carboxylic acids is 1. The van der Waals surface area contributed by atoms with E-state index in [4.69, 9.17) is 4.74 Å². The summed E-state index contributed by atoms with van der Waals surface area (Å²) in [4.78, 5) is 20.6. The Hall–Kier alpha value is -2.48. The van der Waals surface area contributed by atoms with Crippen LogP contribution in [0.5, 0.6) is 0 Å². The highest BCUT2D eigenvalue weighted by Crippen LogP contribution is 2.43. The summed E-state index contributed by atoms with van der Waals surface area (Å²) < 4.78 is 5.77. The van der Waals surface area contributed by atoms with Crippen LogP contribution in [-0.4, -0.2) is 42.2 Å². The molecule has 7 heteroatoms. The molecule has 1 amide bonds. The van der Waals surface area contributed by atoms with Crippen molar-refractivity contribution < 1.29 is 9.53 Å². The molecule has 0 radical (unpaired) electrons. The van der Waals surface area contributed by atoms with Gasteiger partial charge in [0.05, 0.1) is 43.1 Å². The zero-order valence-electron chi connectivity index (χ0n) is 20.8. The van der Waals surface area contributed by atoms with Gasteiger partial charge in [0.15, 0.2) is 0 Å². The Morgan fingerprint density at radius 2 is 1.78 bits per heavy atom. The van der Waals surface area contributed by atoms with Crippen LogP contribution in [0.4, 0.5) is 5.69 Å². The molecule has 7 nitrogen and oxygen atoms in total. The maximum Gasteiger partial charge on any atom is 0.223 e. The average molecular weight is 488 g/mol. The van der Waals surface area contributed by atoms with E-state index in [0.717, 1.165) is 38.2 Å². The second-order valence-corrected chi connectivity index (χ2v) is 11.5. The number of fused-ring (bicyclic) bond motifs is 3. The van der Waals surface area contributed by atoms with Crippen LogP contribution in [0.25, 0.3) is 0 Å². The number of hydrogen-bond acceptors (Lipinski definition) is 6. The number of morpholine rings is 1. The van der Waals surface area contributed by atoms with Crippen molar-refractivity contribution in [2.24, 2.45) is 17.8 Å². The van der Waals surface area contributed by atoms with Gasteiger partial charge in [0, 0.05) is 23.8 Å². The minimum atomic E-state index is 0.0510. The summed E-state index contributed by atoms with van der Waals surface area (Å²) in [6.07, 6.45) is 9.52. The Bertz CT molecular complexity index is 1060. The van der Waals surface area contributed by atoms with Crippen molar-refractivity contribution in [3.8, 4) is 0 Å². The van der Waals surface area contributed by atoms with E-state index in [9.17, 15) is 4.79 Å². The monoisotopic (exact) mass is 487 g/mol. The van der Waals surface area contributed by atoms with E-state index in [2.05, 4.69) is 50.3 Å². The molecule has 3 aliphatic heterocycles. The third kappa shape index (κ3) is 4.21. The van der Waals surface area contributed by atoms with Crippen molar-refractivity contribution in [1.82, 2.24) is 21.2 Å². The summed E-state index contributed by atoms with van der Waals surface area (Å²) in [5.74, 6) is 1.21. The molecule has 7 atom stereocenters. The molecule has 2 aromatic rings. The first kappa shape index (κ1) is 22.7. The molecule has 2 bridgehead atoms. The number of hydrogen-bond donors (Lipinski definition) is 3. The van der Waals surface area contributed by atoms with E-state index < -0.39 is 0 Å². The van der Waals surface area contributed by atoms with E-state index in [0.29, 0.717) is 30.0 Å². The fraction of sp³-hybridized carbons (Fsp3) is 0.586. The van der Waals surface area contributed by atoms with Gasteiger partial charge in [0.25, 0.3) is 0 Å². The van der Waals surface area contributed by atoms with E-state index >= 15 is 0 Å². The molecule has 5 fully saturated rings. The van der Waals surface area contributed by atoms with Crippen LogP contribution < -0.4 is 21.1 Å². The lowest BCUT2D eigenvalue weighted by Crippen LogP contribution is -2.45. The SMILES string of the molecule is O=C(N[C@H](c1ccccn1)C1CC1)C1CCC2NNC(c3ccc(N4C5CCC4COC5)cc3)C2C1. The number of carbonyl (C=O) groups is 1. The minimum absolute atomic E-state index is 0.0510. The van der Waals surface area contributed by atoms with E-state index in [-0.39, 0.29) is 23.9 Å². The van der Waals surface area contributed by atoms with Crippen LogP contribution in [0, 0.1) is 17.8 Å². The molecule has 3 saturated heterocycles. The number of nitrogens with zero attached hydrogens (tertiary/aromatic N) is 2. The number of aromatic nitrogens is 1. The first-order valence-corrected chi connectivity index (χ1v) is 13.9. The molecular formula is C29H37N5O2. The topological polar surface area (TPSA) is 78.5 Å². The quantitative estimate of drug-likeness (QED) is 0.577. The maximum absolute atomic E-state index is 13.4. The zero-order chi connectivity index (χ0) is 24.1. The molecule has 0 spiro atoms. The molecule has 7 rings (SSSR count). The van der Waals surface area contributed by atoms with Crippen LogP contribution in [0.2, 0.25) is 0 Å². The molecule has 5 aliphatic rings. The van der Waals surface area contributed by atoms with Gasteiger partial charge in [-0.3, -0.25) is 15.2 Å². The Morgan fingerprint density at radius 3 is 2.50 bits per heavy atom. The molecule has 36 heavy (non-hydrogen) atoms. The first-order valence-electron chi connectivity index (χ1n) is 13.9. The fourth-order valence-electron chi connectivity index (χ4n) is 7.22. The number of rotatable bonds is 6. The summed E-state index contributed by atoms with van der Waals surface area (Å²) in [5, 5.41) is 3.40. The Morgan fingerprint density at radius 1 is 0.972 bits per heavy atom. The van der Waals surface area contributed by atoms with Crippen molar-refractivity contribution in [3.05, 3.63) is 59.9 Å². The summed E-state index contributed by atoms with van der Waals surface area (Å²) in [6, 6.07) is 16.9. The number of amides is 1. The van der Waals surface area contributed by atoms with Gasteiger partial charge in [-0.05, 0) is 86.6 Å². The van der Waals surface area contributed by atoms with Crippen molar-refractivity contribution in [2.45, 2.75) is 75.2 Å². The molecule has 190 valence electrons. The third-order valence-corrected chi connectivity index (χ3v) is 9.31. The number of anilines is 1. The van der Waals surface area contributed by atoms with Gasteiger partial charge in [-0.2, -0.15) is 0 Å². The van der Waals surface area contributed by atoms with E-state index in [1.54, 1.807) is 0 Å². The largest absolute Gasteiger partial charge is 0.377 e. The highest BCUT2D eigenvalue weighted by molar-refractivity contribution is 5.79. The van der Waals surface area contributed by atoms with Gasteiger partial charge in [-0.25, -0.2) is 5.43 Å². The molecular weight excluding hydrogens is 450 g/mol. The number of pyridine rings is 1. The highest BCUT2D eigenvalue weighted by atomic mass is 16.5. The van der Waals surface area contributed by atoms with Crippen LogP contribution in [0.1, 0.15) is 68.3 Å². The van der Waals surface area contributed by atoms with Gasteiger partial charge >= 0.3 is 0 Å². The lowest BCUT2D eigenvalue weighted by atomic mass is 9.74. The Balaban J connectivity index is 1.03. The maximum atomic E-state index is 13.4.